The molecule has 3 aromatic rings. The summed E-state index contributed by atoms with van der Waals surface area (Å²) >= 11 is 23.9. The molecule has 1 atom stereocenters. The highest BCUT2D eigenvalue weighted by Gasteiger charge is 2.17. The number of hydrogen-bond donors (Lipinski definition) is 3. The minimum atomic E-state index is -0.904. The van der Waals surface area contributed by atoms with E-state index in [-0.39, 0.29) is 16.7 Å². The average molecular weight is 650 g/mol. The number of ether oxygens (including phenoxy) is 2. The van der Waals surface area contributed by atoms with Gasteiger partial charge in [0.25, 0.3) is 11.8 Å². The van der Waals surface area contributed by atoms with Gasteiger partial charge in [0.15, 0.2) is 17.8 Å². The topological polar surface area (TPSA) is 88.7 Å². The highest BCUT2D eigenvalue weighted by molar-refractivity contribution is 9.11. The number of benzene rings is 3. The van der Waals surface area contributed by atoms with Crippen LogP contribution < -0.4 is 25.6 Å². The van der Waals surface area contributed by atoms with Crippen LogP contribution in [-0.4, -0.2) is 29.6 Å². The summed E-state index contributed by atoms with van der Waals surface area (Å²) in [7, 11) is 0. The molecule has 3 rings (SSSR count). The molecule has 0 bridgehead atoms. The van der Waals surface area contributed by atoms with E-state index in [0.717, 1.165) is 19.7 Å². The number of nitrogens with one attached hydrogen (secondary N) is 3. The summed E-state index contributed by atoms with van der Waals surface area (Å²) in [5.41, 5.74) is 4.79. The van der Waals surface area contributed by atoms with Crippen molar-refractivity contribution >= 4 is 95.0 Å². The fourth-order valence-electron chi connectivity index (χ4n) is 2.73. The van der Waals surface area contributed by atoms with Crippen LogP contribution in [0.3, 0.4) is 0 Å². The maximum absolute atomic E-state index is 12.2. The summed E-state index contributed by atoms with van der Waals surface area (Å²) in [5, 5.41) is 4.98. The van der Waals surface area contributed by atoms with Crippen LogP contribution in [0.15, 0.2) is 57.5 Å². The Morgan fingerprint density at radius 1 is 1.03 bits per heavy atom. The van der Waals surface area contributed by atoms with Crippen LogP contribution in [0, 0.1) is 0 Å². The summed E-state index contributed by atoms with van der Waals surface area (Å²) in [6, 6.07) is 14.1. The summed E-state index contributed by atoms with van der Waals surface area (Å²) in [6.07, 6.45) is -0.904. The second-order valence-electron chi connectivity index (χ2n) is 6.86. The number of fused-ring (bicyclic) bond motifs is 1. The Kier molecular flexibility index (Phi) is 9.38. The second-order valence-corrected chi connectivity index (χ2v) is 9.82. The summed E-state index contributed by atoms with van der Waals surface area (Å²) in [4.78, 5) is 24.4. The minimum absolute atomic E-state index is 0.110. The van der Waals surface area contributed by atoms with E-state index in [1.54, 1.807) is 18.2 Å². The van der Waals surface area contributed by atoms with Gasteiger partial charge in [-0.05, 0) is 82.2 Å². The largest absolute Gasteiger partial charge is 0.483 e. The van der Waals surface area contributed by atoms with Gasteiger partial charge in [-0.2, -0.15) is 0 Å². The Morgan fingerprint density at radius 2 is 1.76 bits per heavy atom. The van der Waals surface area contributed by atoms with Crippen molar-refractivity contribution in [3.05, 3.63) is 67.5 Å². The van der Waals surface area contributed by atoms with Gasteiger partial charge in [-0.3, -0.25) is 25.8 Å². The van der Waals surface area contributed by atoms with E-state index in [1.165, 1.54) is 13.0 Å². The molecule has 0 fully saturated rings. The third-order valence-electron chi connectivity index (χ3n) is 4.36. The maximum Gasteiger partial charge on any atom is 0.279 e. The number of halogens is 4. The van der Waals surface area contributed by atoms with Gasteiger partial charge in [-0.15, -0.1) is 0 Å². The predicted molar refractivity (Wildman–Crippen MR) is 143 cm³/mol. The average Bonchev–Trinajstić information content (AvgIpc) is 2.78. The molecule has 3 N–H and O–H groups in total. The van der Waals surface area contributed by atoms with Crippen molar-refractivity contribution in [2.45, 2.75) is 13.0 Å². The maximum atomic E-state index is 12.2. The number of hydrogen-bond acceptors (Lipinski definition) is 5. The van der Waals surface area contributed by atoms with Crippen molar-refractivity contribution in [2.24, 2.45) is 0 Å². The van der Waals surface area contributed by atoms with Gasteiger partial charge in [0.05, 0.1) is 9.50 Å². The van der Waals surface area contributed by atoms with E-state index in [4.69, 9.17) is 44.9 Å². The number of amides is 2. The Hall–Kier alpha value is -2.11. The summed E-state index contributed by atoms with van der Waals surface area (Å²) in [5.74, 6) is -0.240. The molecular formula is C22H17Br2Cl2N3O4S. The Morgan fingerprint density at radius 3 is 2.50 bits per heavy atom. The van der Waals surface area contributed by atoms with Gasteiger partial charge in [0, 0.05) is 9.50 Å². The molecular weight excluding hydrogens is 633 g/mol. The molecule has 3 aromatic carbocycles. The SMILES string of the molecule is CC(Oc1ccc(Cl)cc1Cl)C(=O)NNC(=S)NC(=O)COc1ccc2cc(Br)ccc2c1Br. The van der Waals surface area contributed by atoms with E-state index < -0.39 is 17.9 Å². The van der Waals surface area contributed by atoms with Crippen molar-refractivity contribution in [1.29, 1.82) is 0 Å². The number of thiocarbonyl (C=S) groups is 1. The van der Waals surface area contributed by atoms with Gasteiger partial charge in [0.2, 0.25) is 0 Å². The second kappa shape index (κ2) is 12.0. The molecule has 0 aromatic heterocycles. The quantitative estimate of drug-likeness (QED) is 0.240. The van der Waals surface area contributed by atoms with Crippen LogP contribution in [0.5, 0.6) is 11.5 Å². The van der Waals surface area contributed by atoms with Crippen LogP contribution in [-0.2, 0) is 9.59 Å². The predicted octanol–water partition coefficient (Wildman–Crippen LogP) is 5.54. The van der Waals surface area contributed by atoms with Crippen molar-refractivity contribution < 1.29 is 19.1 Å². The molecule has 7 nitrogen and oxygen atoms in total. The van der Waals surface area contributed by atoms with E-state index in [0.29, 0.717) is 16.5 Å². The zero-order chi connectivity index (χ0) is 24.8. The lowest BCUT2D eigenvalue weighted by Gasteiger charge is -2.17. The van der Waals surface area contributed by atoms with Gasteiger partial charge in [-0.1, -0.05) is 51.3 Å². The Bertz CT molecular complexity index is 1260. The normalized spacial score (nSPS) is 11.4. The molecule has 0 aliphatic heterocycles. The van der Waals surface area contributed by atoms with Crippen molar-refractivity contribution in [2.75, 3.05) is 6.61 Å². The lowest BCUT2D eigenvalue weighted by atomic mass is 10.1. The molecule has 0 saturated heterocycles. The van der Waals surface area contributed by atoms with E-state index >= 15 is 0 Å². The van der Waals surface area contributed by atoms with E-state index in [1.807, 2.05) is 24.3 Å². The molecule has 0 heterocycles. The molecule has 1 unspecified atom stereocenters. The molecule has 0 radical (unpaired) electrons. The lowest BCUT2D eigenvalue weighted by molar-refractivity contribution is -0.128. The molecule has 2 amide bonds. The van der Waals surface area contributed by atoms with Crippen LogP contribution in [0.25, 0.3) is 10.8 Å². The number of rotatable bonds is 6. The minimum Gasteiger partial charge on any atom is -0.483 e. The van der Waals surface area contributed by atoms with E-state index in [9.17, 15) is 9.59 Å². The summed E-state index contributed by atoms with van der Waals surface area (Å²) < 4.78 is 12.8. The fraction of sp³-hybridized carbons (Fsp3) is 0.136. The highest BCUT2D eigenvalue weighted by atomic mass is 79.9. The first-order valence-electron chi connectivity index (χ1n) is 9.66. The highest BCUT2D eigenvalue weighted by Crippen LogP contribution is 2.34. The van der Waals surface area contributed by atoms with Gasteiger partial charge >= 0.3 is 0 Å². The molecule has 0 saturated carbocycles. The van der Waals surface area contributed by atoms with Crippen molar-refractivity contribution in [3.8, 4) is 11.5 Å². The molecule has 34 heavy (non-hydrogen) atoms. The van der Waals surface area contributed by atoms with Crippen molar-refractivity contribution in [3.63, 3.8) is 0 Å². The summed E-state index contributed by atoms with van der Waals surface area (Å²) in [6.45, 7) is 1.24. The standard InChI is InChI=1S/C22H17Br2Cl2N3O4S/c1-11(33-17-7-4-14(25)9-16(17)26)21(31)28-29-22(34)27-19(30)10-32-18-6-2-12-8-13(23)3-5-15(12)20(18)24/h2-9,11H,10H2,1H3,(H,28,31)(H2,27,29,30,34). The third kappa shape index (κ3) is 7.19. The van der Waals surface area contributed by atoms with Crippen LogP contribution in [0.1, 0.15) is 6.92 Å². The molecule has 0 aliphatic carbocycles. The first kappa shape index (κ1) is 26.5. The molecule has 0 aliphatic rings. The zero-order valence-electron chi connectivity index (χ0n) is 17.5. The Balaban J connectivity index is 1.45. The fourth-order valence-corrected chi connectivity index (χ4v) is 4.33. The number of carbonyl (C=O) groups is 2. The van der Waals surface area contributed by atoms with Crippen LogP contribution in [0.2, 0.25) is 10.0 Å². The number of carbonyl (C=O) groups excluding carboxylic acids is 2. The van der Waals surface area contributed by atoms with Gasteiger partial charge in [0.1, 0.15) is 11.5 Å². The van der Waals surface area contributed by atoms with Crippen LogP contribution in [0.4, 0.5) is 0 Å². The smallest absolute Gasteiger partial charge is 0.279 e. The van der Waals surface area contributed by atoms with Gasteiger partial charge in [-0.25, -0.2) is 0 Å². The Labute approximate surface area is 227 Å². The van der Waals surface area contributed by atoms with Crippen molar-refractivity contribution in [1.82, 2.24) is 16.2 Å². The lowest BCUT2D eigenvalue weighted by Crippen LogP contribution is -2.52. The van der Waals surface area contributed by atoms with Crippen LogP contribution >= 0.6 is 67.3 Å². The zero-order valence-corrected chi connectivity index (χ0v) is 23.0. The monoisotopic (exact) mass is 647 g/mol. The molecule has 0 spiro atoms. The molecule has 178 valence electrons. The third-order valence-corrected chi connectivity index (χ3v) is 6.40. The first-order chi connectivity index (χ1) is 16.1. The first-order valence-corrected chi connectivity index (χ1v) is 12.4. The van der Waals surface area contributed by atoms with E-state index in [2.05, 4.69) is 48.0 Å². The molecule has 12 heteroatoms. The number of hydrazine groups is 1. The van der Waals surface area contributed by atoms with Gasteiger partial charge < -0.3 is 9.47 Å².